The summed E-state index contributed by atoms with van der Waals surface area (Å²) in [5.74, 6) is 0. The van der Waals surface area contributed by atoms with Gasteiger partial charge in [-0.05, 0) is 24.6 Å². The second-order valence-corrected chi connectivity index (χ2v) is 5.97. The van der Waals surface area contributed by atoms with E-state index in [1.54, 1.807) is 6.92 Å². The maximum Gasteiger partial charge on any atom is 0.238 e. The summed E-state index contributed by atoms with van der Waals surface area (Å²) in [6.07, 6.45) is 0.444. The van der Waals surface area contributed by atoms with Crippen molar-refractivity contribution in [3.05, 3.63) is 18.2 Å². The Labute approximate surface area is 112 Å². The van der Waals surface area contributed by atoms with Crippen LogP contribution in [0.2, 0.25) is 0 Å². The van der Waals surface area contributed by atoms with Gasteiger partial charge >= 0.3 is 0 Å². The van der Waals surface area contributed by atoms with Crippen molar-refractivity contribution in [2.45, 2.75) is 23.8 Å². The zero-order valence-electron chi connectivity index (χ0n) is 10.6. The fraction of sp³-hybridized carbons (Fsp3) is 0.455. The molecule has 1 aromatic rings. The minimum atomic E-state index is -3.87. The van der Waals surface area contributed by atoms with Gasteiger partial charge in [0, 0.05) is 11.4 Å². The summed E-state index contributed by atoms with van der Waals surface area (Å²) in [5, 5.41) is 26.6. The molecule has 0 heterocycles. The van der Waals surface area contributed by atoms with Crippen LogP contribution in [-0.4, -0.2) is 37.4 Å². The monoisotopic (exact) mass is 289 g/mol. The minimum absolute atomic E-state index is 0.129. The second kappa shape index (κ2) is 5.74. The largest absolute Gasteiger partial charge is 0.399 e. The number of aliphatic hydroxyl groups is 2. The van der Waals surface area contributed by atoms with Crippen molar-refractivity contribution >= 4 is 21.4 Å². The van der Waals surface area contributed by atoms with Gasteiger partial charge in [0.25, 0.3) is 0 Å². The Hall–Kier alpha value is -1.35. The first-order valence-electron chi connectivity index (χ1n) is 5.69. The molecule has 0 spiro atoms. The first-order chi connectivity index (χ1) is 8.76. The van der Waals surface area contributed by atoms with Gasteiger partial charge in [-0.2, -0.15) is 0 Å². The van der Waals surface area contributed by atoms with Gasteiger partial charge < -0.3 is 21.3 Å². The average molecular weight is 289 g/mol. The molecule has 0 fully saturated rings. The first kappa shape index (κ1) is 15.7. The SMILES string of the molecule is CCC(CO)(CO)Nc1cc(N)cc(S(N)(=O)=O)c1. The number of anilines is 2. The van der Waals surface area contributed by atoms with E-state index in [9.17, 15) is 18.6 Å². The van der Waals surface area contributed by atoms with Gasteiger partial charge in [0.1, 0.15) is 0 Å². The Kier molecular flexibility index (Phi) is 4.75. The third kappa shape index (κ3) is 3.80. The fourth-order valence-corrected chi connectivity index (χ4v) is 2.20. The molecule has 1 aromatic carbocycles. The average Bonchev–Trinajstić information content (AvgIpc) is 2.34. The minimum Gasteiger partial charge on any atom is -0.399 e. The van der Waals surface area contributed by atoms with E-state index in [4.69, 9.17) is 10.9 Å². The van der Waals surface area contributed by atoms with Gasteiger partial charge in [-0.15, -0.1) is 0 Å². The Balaban J connectivity index is 3.18. The molecule has 19 heavy (non-hydrogen) atoms. The van der Waals surface area contributed by atoms with E-state index in [1.807, 2.05) is 0 Å². The van der Waals surface area contributed by atoms with Crippen molar-refractivity contribution in [2.24, 2.45) is 5.14 Å². The standard InChI is InChI=1S/C11H19N3O4S/c1-2-11(6-15,7-16)14-9-3-8(12)4-10(5-9)19(13,17)18/h3-5,14-16H,2,6-7,12H2,1H3,(H2,13,17,18). The normalized spacial score (nSPS) is 12.4. The van der Waals surface area contributed by atoms with Crippen molar-refractivity contribution in [1.29, 1.82) is 0 Å². The van der Waals surface area contributed by atoms with Crippen molar-refractivity contribution in [1.82, 2.24) is 0 Å². The number of rotatable bonds is 6. The lowest BCUT2D eigenvalue weighted by atomic mass is 9.98. The van der Waals surface area contributed by atoms with E-state index in [1.165, 1.54) is 18.2 Å². The number of nitrogens with two attached hydrogens (primary N) is 2. The van der Waals surface area contributed by atoms with Gasteiger partial charge in [-0.25, -0.2) is 13.6 Å². The maximum absolute atomic E-state index is 11.3. The molecular weight excluding hydrogens is 270 g/mol. The van der Waals surface area contributed by atoms with Gasteiger partial charge in [-0.3, -0.25) is 0 Å². The van der Waals surface area contributed by atoms with E-state index in [2.05, 4.69) is 5.32 Å². The molecule has 0 aliphatic rings. The van der Waals surface area contributed by atoms with E-state index in [-0.39, 0.29) is 23.8 Å². The van der Waals surface area contributed by atoms with Crippen molar-refractivity contribution in [2.75, 3.05) is 24.3 Å². The molecule has 0 aliphatic carbocycles. The van der Waals surface area contributed by atoms with Crippen LogP contribution in [0.5, 0.6) is 0 Å². The van der Waals surface area contributed by atoms with Gasteiger partial charge in [-0.1, -0.05) is 6.92 Å². The van der Waals surface area contributed by atoms with E-state index in [0.717, 1.165) is 0 Å². The highest BCUT2D eigenvalue weighted by molar-refractivity contribution is 7.89. The lowest BCUT2D eigenvalue weighted by molar-refractivity contribution is 0.132. The summed E-state index contributed by atoms with van der Waals surface area (Å²) in [7, 11) is -3.87. The number of hydrogen-bond donors (Lipinski definition) is 5. The van der Waals surface area contributed by atoms with Crippen molar-refractivity contribution in [3.8, 4) is 0 Å². The van der Waals surface area contributed by atoms with Crippen LogP contribution in [0.1, 0.15) is 13.3 Å². The summed E-state index contributed by atoms with van der Waals surface area (Å²) in [6.45, 7) is 1.17. The molecule has 7 N–H and O–H groups in total. The zero-order valence-corrected chi connectivity index (χ0v) is 11.4. The van der Waals surface area contributed by atoms with Crippen LogP contribution in [-0.2, 0) is 10.0 Å². The van der Waals surface area contributed by atoms with Crippen LogP contribution in [0.15, 0.2) is 23.1 Å². The summed E-state index contributed by atoms with van der Waals surface area (Å²) in [5.41, 5.74) is 5.26. The molecule has 0 unspecified atom stereocenters. The molecule has 0 atom stereocenters. The molecule has 0 aliphatic heterocycles. The summed E-state index contributed by atoms with van der Waals surface area (Å²) in [6, 6.07) is 4.05. The molecule has 0 aromatic heterocycles. The Morgan fingerprint density at radius 2 is 1.84 bits per heavy atom. The lowest BCUT2D eigenvalue weighted by Crippen LogP contribution is -2.45. The molecule has 0 radical (unpaired) electrons. The molecule has 7 nitrogen and oxygen atoms in total. The quantitative estimate of drug-likeness (QED) is 0.446. The summed E-state index contributed by atoms with van der Waals surface area (Å²) in [4.78, 5) is -0.129. The number of primary sulfonamides is 1. The lowest BCUT2D eigenvalue weighted by Gasteiger charge is -2.31. The summed E-state index contributed by atoms with van der Waals surface area (Å²) >= 11 is 0. The van der Waals surface area contributed by atoms with Gasteiger partial charge in [0.15, 0.2) is 0 Å². The molecule has 0 saturated heterocycles. The topological polar surface area (TPSA) is 139 Å². The van der Waals surface area contributed by atoms with E-state index in [0.29, 0.717) is 12.1 Å². The predicted octanol–water partition coefficient (Wildman–Crippen LogP) is -0.538. The first-order valence-corrected chi connectivity index (χ1v) is 7.24. The Morgan fingerprint density at radius 1 is 1.26 bits per heavy atom. The van der Waals surface area contributed by atoms with Crippen LogP contribution in [0.3, 0.4) is 0 Å². The van der Waals surface area contributed by atoms with Crippen molar-refractivity contribution < 1.29 is 18.6 Å². The second-order valence-electron chi connectivity index (χ2n) is 4.41. The highest BCUT2D eigenvalue weighted by Gasteiger charge is 2.26. The number of aliphatic hydroxyl groups excluding tert-OH is 2. The van der Waals surface area contributed by atoms with Crippen molar-refractivity contribution in [3.63, 3.8) is 0 Å². The molecule has 8 heteroatoms. The molecule has 0 bridgehead atoms. The van der Waals surface area contributed by atoms with Crippen LogP contribution in [0.4, 0.5) is 11.4 Å². The number of sulfonamides is 1. The van der Waals surface area contributed by atoms with Gasteiger partial charge in [0.2, 0.25) is 10.0 Å². The van der Waals surface area contributed by atoms with Crippen LogP contribution >= 0.6 is 0 Å². The number of benzene rings is 1. The third-order valence-electron chi connectivity index (χ3n) is 2.95. The number of hydrogen-bond acceptors (Lipinski definition) is 6. The molecule has 0 amide bonds. The maximum atomic E-state index is 11.3. The predicted molar refractivity (Wildman–Crippen MR) is 73.0 cm³/mol. The number of nitrogen functional groups attached to an aromatic ring is 1. The summed E-state index contributed by atoms with van der Waals surface area (Å²) < 4.78 is 22.6. The molecule has 108 valence electrons. The van der Waals surface area contributed by atoms with Crippen LogP contribution < -0.4 is 16.2 Å². The Bertz CT molecular complexity index is 533. The highest BCUT2D eigenvalue weighted by atomic mass is 32.2. The van der Waals surface area contributed by atoms with Crippen LogP contribution in [0, 0.1) is 0 Å². The molecular formula is C11H19N3O4S. The molecule has 1 rings (SSSR count). The fourth-order valence-electron chi connectivity index (χ4n) is 1.61. The third-order valence-corrected chi connectivity index (χ3v) is 3.84. The smallest absolute Gasteiger partial charge is 0.238 e. The van der Waals surface area contributed by atoms with Crippen LogP contribution in [0.25, 0.3) is 0 Å². The van der Waals surface area contributed by atoms with Gasteiger partial charge in [0.05, 0.1) is 23.6 Å². The number of nitrogens with one attached hydrogen (secondary N) is 1. The zero-order chi connectivity index (χ0) is 14.7. The highest BCUT2D eigenvalue weighted by Crippen LogP contribution is 2.24. The molecule has 0 saturated carbocycles. The van der Waals surface area contributed by atoms with E-state index >= 15 is 0 Å². The Morgan fingerprint density at radius 3 is 2.26 bits per heavy atom. The van der Waals surface area contributed by atoms with E-state index < -0.39 is 15.6 Å².